The molecule has 4 nitrogen and oxygen atoms in total. The van der Waals surface area contributed by atoms with Crippen LogP contribution < -0.4 is 0 Å². The number of rotatable bonds is 2. The fraction of sp³-hybridized carbons (Fsp3) is 0.588. The first kappa shape index (κ1) is 13.3. The predicted molar refractivity (Wildman–Crippen MR) is 75.9 cm³/mol. The fourth-order valence-electron chi connectivity index (χ4n) is 4.41. The molecule has 112 valence electrons. The molecule has 1 spiro atoms. The van der Waals surface area contributed by atoms with E-state index in [1.165, 1.54) is 11.1 Å². The highest BCUT2D eigenvalue weighted by atomic mass is 16.7. The lowest BCUT2D eigenvalue weighted by Gasteiger charge is -2.51. The van der Waals surface area contributed by atoms with Crippen LogP contribution in [0, 0.1) is 5.92 Å². The lowest BCUT2D eigenvalue weighted by atomic mass is 9.58. The number of hydrogen-bond acceptors (Lipinski definition) is 4. The molecular formula is C17H20O4. The molecule has 1 saturated carbocycles. The van der Waals surface area contributed by atoms with Gasteiger partial charge in [0, 0.05) is 6.42 Å². The molecule has 1 aromatic rings. The van der Waals surface area contributed by atoms with Crippen LogP contribution >= 0.6 is 0 Å². The Bertz CT molecular complexity index is 562. The SMILES string of the molecule is CCOC(=O)[C@H]1C[C@H]2CC3(OCCO3)[C@H]1c1ccccc12. The Kier molecular flexibility index (Phi) is 3.05. The molecular weight excluding hydrogens is 268 g/mol. The first-order valence-electron chi connectivity index (χ1n) is 7.78. The molecule has 1 aliphatic heterocycles. The summed E-state index contributed by atoms with van der Waals surface area (Å²) in [4.78, 5) is 12.4. The zero-order valence-electron chi connectivity index (χ0n) is 12.2. The van der Waals surface area contributed by atoms with E-state index in [1.54, 1.807) is 0 Å². The van der Waals surface area contributed by atoms with E-state index in [-0.39, 0.29) is 17.8 Å². The average Bonchev–Trinajstić information content (AvgIpc) is 2.95. The second-order valence-corrected chi connectivity index (χ2v) is 6.11. The van der Waals surface area contributed by atoms with Crippen molar-refractivity contribution in [2.75, 3.05) is 19.8 Å². The number of esters is 1. The van der Waals surface area contributed by atoms with Gasteiger partial charge in [-0.05, 0) is 30.4 Å². The maximum absolute atomic E-state index is 12.4. The summed E-state index contributed by atoms with van der Waals surface area (Å²) in [5, 5.41) is 0. The van der Waals surface area contributed by atoms with Crippen molar-refractivity contribution in [3.05, 3.63) is 35.4 Å². The molecule has 1 saturated heterocycles. The summed E-state index contributed by atoms with van der Waals surface area (Å²) < 4.78 is 17.3. The van der Waals surface area contributed by atoms with Crippen molar-refractivity contribution in [2.24, 2.45) is 5.92 Å². The van der Waals surface area contributed by atoms with Gasteiger partial charge in [-0.2, -0.15) is 0 Å². The Labute approximate surface area is 124 Å². The van der Waals surface area contributed by atoms with Gasteiger partial charge in [-0.15, -0.1) is 0 Å². The van der Waals surface area contributed by atoms with Gasteiger partial charge in [0.05, 0.1) is 31.7 Å². The summed E-state index contributed by atoms with van der Waals surface area (Å²) in [7, 11) is 0. The van der Waals surface area contributed by atoms with Gasteiger partial charge in [0.25, 0.3) is 0 Å². The van der Waals surface area contributed by atoms with E-state index in [9.17, 15) is 4.79 Å². The molecule has 0 radical (unpaired) electrons. The van der Waals surface area contributed by atoms with Crippen LogP contribution in [0.5, 0.6) is 0 Å². The number of carbonyl (C=O) groups excluding carboxylic acids is 1. The third kappa shape index (κ3) is 1.86. The predicted octanol–water partition coefficient (Wildman–Crippen LogP) is 2.58. The molecule has 3 aliphatic carbocycles. The summed E-state index contributed by atoms with van der Waals surface area (Å²) in [5.41, 5.74) is 2.56. The number of carbonyl (C=O) groups is 1. The lowest BCUT2D eigenvalue weighted by Crippen LogP contribution is -2.52. The zero-order chi connectivity index (χ0) is 14.4. The third-order valence-electron chi connectivity index (χ3n) is 5.08. The first-order chi connectivity index (χ1) is 10.2. The van der Waals surface area contributed by atoms with Gasteiger partial charge in [-0.1, -0.05) is 24.3 Å². The molecule has 4 aliphatic rings. The van der Waals surface area contributed by atoms with E-state index in [4.69, 9.17) is 14.2 Å². The maximum atomic E-state index is 12.4. The molecule has 3 atom stereocenters. The van der Waals surface area contributed by atoms with Crippen LogP contribution in [0.1, 0.15) is 42.7 Å². The van der Waals surface area contributed by atoms with Crippen molar-refractivity contribution < 1.29 is 19.0 Å². The first-order valence-corrected chi connectivity index (χ1v) is 7.78. The van der Waals surface area contributed by atoms with Crippen LogP contribution in [0.2, 0.25) is 0 Å². The van der Waals surface area contributed by atoms with E-state index in [0.29, 0.717) is 25.7 Å². The largest absolute Gasteiger partial charge is 0.466 e. The van der Waals surface area contributed by atoms with E-state index in [2.05, 4.69) is 18.2 Å². The van der Waals surface area contributed by atoms with Crippen molar-refractivity contribution in [2.45, 2.75) is 37.4 Å². The number of hydrogen-bond donors (Lipinski definition) is 0. The van der Waals surface area contributed by atoms with E-state index in [1.807, 2.05) is 13.0 Å². The Morgan fingerprint density at radius 3 is 2.71 bits per heavy atom. The van der Waals surface area contributed by atoms with E-state index < -0.39 is 5.79 Å². The monoisotopic (exact) mass is 288 g/mol. The second kappa shape index (κ2) is 4.82. The molecule has 21 heavy (non-hydrogen) atoms. The van der Waals surface area contributed by atoms with Gasteiger partial charge in [-0.3, -0.25) is 4.79 Å². The number of benzene rings is 1. The minimum Gasteiger partial charge on any atom is -0.466 e. The summed E-state index contributed by atoms with van der Waals surface area (Å²) in [6.07, 6.45) is 1.69. The fourth-order valence-corrected chi connectivity index (χ4v) is 4.41. The third-order valence-corrected chi connectivity index (χ3v) is 5.08. The highest BCUT2D eigenvalue weighted by molar-refractivity contribution is 5.75. The molecule has 1 heterocycles. The minimum atomic E-state index is -0.616. The van der Waals surface area contributed by atoms with E-state index in [0.717, 1.165) is 12.8 Å². The molecule has 5 rings (SSSR count). The van der Waals surface area contributed by atoms with E-state index >= 15 is 0 Å². The molecule has 0 aromatic heterocycles. The van der Waals surface area contributed by atoms with Crippen molar-refractivity contribution in [3.8, 4) is 0 Å². The molecule has 2 fully saturated rings. The Hall–Kier alpha value is -1.39. The van der Waals surface area contributed by atoms with Crippen molar-refractivity contribution >= 4 is 5.97 Å². The number of fused-ring (bicyclic) bond motifs is 1. The average molecular weight is 288 g/mol. The van der Waals surface area contributed by atoms with Gasteiger partial charge >= 0.3 is 5.97 Å². The lowest BCUT2D eigenvalue weighted by molar-refractivity contribution is -0.217. The Morgan fingerprint density at radius 2 is 2.00 bits per heavy atom. The van der Waals surface area contributed by atoms with Crippen molar-refractivity contribution in [1.82, 2.24) is 0 Å². The molecule has 2 bridgehead atoms. The summed E-state index contributed by atoms with van der Waals surface area (Å²) in [6, 6.07) is 8.40. The van der Waals surface area contributed by atoms with Crippen LogP contribution in [-0.2, 0) is 19.0 Å². The summed E-state index contributed by atoms with van der Waals surface area (Å²) in [5.74, 6) is -0.606. The van der Waals surface area contributed by atoms with Crippen molar-refractivity contribution in [3.63, 3.8) is 0 Å². The second-order valence-electron chi connectivity index (χ2n) is 6.11. The number of ether oxygens (including phenoxy) is 3. The molecule has 4 heteroatoms. The highest BCUT2D eigenvalue weighted by Crippen LogP contribution is 2.59. The highest BCUT2D eigenvalue weighted by Gasteiger charge is 2.60. The van der Waals surface area contributed by atoms with Crippen LogP contribution in [0.4, 0.5) is 0 Å². The van der Waals surface area contributed by atoms with Crippen LogP contribution in [0.25, 0.3) is 0 Å². The smallest absolute Gasteiger partial charge is 0.309 e. The van der Waals surface area contributed by atoms with Gasteiger partial charge in [0.15, 0.2) is 5.79 Å². The Morgan fingerprint density at radius 1 is 1.29 bits per heavy atom. The summed E-state index contributed by atoms with van der Waals surface area (Å²) >= 11 is 0. The van der Waals surface area contributed by atoms with Gasteiger partial charge in [-0.25, -0.2) is 0 Å². The van der Waals surface area contributed by atoms with Gasteiger partial charge < -0.3 is 14.2 Å². The topological polar surface area (TPSA) is 44.8 Å². The maximum Gasteiger partial charge on any atom is 0.309 e. The van der Waals surface area contributed by atoms with Crippen molar-refractivity contribution in [1.29, 1.82) is 0 Å². The quantitative estimate of drug-likeness (QED) is 0.785. The summed E-state index contributed by atoms with van der Waals surface area (Å²) in [6.45, 7) is 3.50. The standard InChI is InChI=1S/C17H20O4/c1-2-19-16(18)14-9-11-10-17(20-7-8-21-17)15(14)13-6-4-3-5-12(11)13/h3-6,11,14-15H,2,7-10H2,1H3/t11-,14-,15-/m0/s1. The van der Waals surface area contributed by atoms with Gasteiger partial charge in [0.2, 0.25) is 0 Å². The molecule has 0 unspecified atom stereocenters. The normalized spacial score (nSPS) is 32.1. The molecule has 0 amide bonds. The Balaban J connectivity index is 1.79. The van der Waals surface area contributed by atoms with Crippen LogP contribution in [0.15, 0.2) is 24.3 Å². The van der Waals surface area contributed by atoms with Crippen LogP contribution in [-0.4, -0.2) is 31.6 Å². The minimum absolute atomic E-state index is 0.0414. The molecule has 1 aromatic carbocycles. The van der Waals surface area contributed by atoms with Gasteiger partial charge in [0.1, 0.15) is 0 Å². The van der Waals surface area contributed by atoms with Crippen LogP contribution in [0.3, 0.4) is 0 Å². The zero-order valence-corrected chi connectivity index (χ0v) is 12.2. The molecule has 0 N–H and O–H groups in total.